The van der Waals surface area contributed by atoms with E-state index in [4.69, 9.17) is 5.26 Å². The summed E-state index contributed by atoms with van der Waals surface area (Å²) in [7, 11) is 0. The first-order chi connectivity index (χ1) is 17.5. The number of aryl methyl sites for hydroxylation is 1. The van der Waals surface area contributed by atoms with Crippen LogP contribution in [0.1, 0.15) is 27.8 Å². The van der Waals surface area contributed by atoms with Crippen LogP contribution in [-0.2, 0) is 6.42 Å². The van der Waals surface area contributed by atoms with Crippen molar-refractivity contribution in [2.24, 2.45) is 0 Å². The van der Waals surface area contributed by atoms with E-state index in [-0.39, 0.29) is 28.7 Å². The largest absolute Gasteiger partial charge is 0.206 e. The molecule has 0 saturated carbocycles. The fraction of sp³-hybridized carbons (Fsp3) is 0.0690. The lowest BCUT2D eigenvalue weighted by Gasteiger charge is -2.12. The zero-order chi connectivity index (χ0) is 27.0. The van der Waals surface area contributed by atoms with Gasteiger partial charge < -0.3 is 0 Å². The fourth-order valence-electron chi connectivity index (χ4n) is 4.23. The summed E-state index contributed by atoms with van der Waals surface area (Å²) in [6, 6.07) is 8.71. The summed E-state index contributed by atoms with van der Waals surface area (Å²) >= 11 is 0. The van der Waals surface area contributed by atoms with E-state index in [1.54, 1.807) is 6.92 Å². The average molecular weight is 511 g/mol. The molecule has 0 spiro atoms. The summed E-state index contributed by atoms with van der Waals surface area (Å²) in [4.78, 5) is 0. The van der Waals surface area contributed by atoms with Crippen molar-refractivity contribution in [2.45, 2.75) is 13.3 Å². The molecule has 4 rings (SSSR count). The van der Waals surface area contributed by atoms with E-state index in [1.807, 2.05) is 0 Å². The smallest absolute Gasteiger partial charge is 0.144 e. The van der Waals surface area contributed by atoms with Crippen molar-refractivity contribution in [3.63, 3.8) is 0 Å². The third kappa shape index (κ3) is 4.85. The van der Waals surface area contributed by atoms with E-state index in [1.165, 1.54) is 18.2 Å². The molecule has 0 amide bonds. The number of halogens is 7. The molecule has 0 aliphatic carbocycles. The maximum Gasteiger partial charge on any atom is 0.144 e. The molecule has 0 aliphatic rings. The lowest BCUT2D eigenvalue weighted by molar-refractivity contribution is 0.573. The number of hydrogen-bond donors (Lipinski definition) is 0. The average Bonchev–Trinajstić information content (AvgIpc) is 2.78. The molecule has 4 aromatic rings. The molecule has 0 aliphatic heterocycles. The van der Waals surface area contributed by atoms with Crippen LogP contribution < -0.4 is 0 Å². The molecule has 0 aromatic heterocycles. The molecule has 1 nitrogen and oxygen atoms in total. The number of nitrogens with zero attached hydrogens (tertiary/aromatic N) is 1. The Morgan fingerprint density at radius 2 is 1.05 bits per heavy atom. The quantitative estimate of drug-likeness (QED) is 0.247. The molecule has 0 fully saturated rings. The van der Waals surface area contributed by atoms with Gasteiger partial charge in [-0.05, 0) is 83.6 Å². The van der Waals surface area contributed by atoms with Gasteiger partial charge in [0.05, 0.1) is 11.1 Å². The second-order valence-corrected chi connectivity index (χ2v) is 8.37. The van der Waals surface area contributed by atoms with Crippen molar-refractivity contribution in [1.29, 1.82) is 5.26 Å². The van der Waals surface area contributed by atoms with E-state index in [2.05, 4.69) is 6.58 Å². The summed E-state index contributed by atoms with van der Waals surface area (Å²) in [5.41, 5.74) is -1.87. The molecule has 186 valence electrons. The minimum absolute atomic E-state index is 0.00267. The van der Waals surface area contributed by atoms with Crippen molar-refractivity contribution in [2.75, 3.05) is 0 Å². The van der Waals surface area contributed by atoms with Crippen LogP contribution in [0.4, 0.5) is 30.7 Å². The van der Waals surface area contributed by atoms with Gasteiger partial charge in [-0.2, -0.15) is 5.26 Å². The van der Waals surface area contributed by atoms with Crippen LogP contribution in [0, 0.1) is 59.0 Å². The first-order valence-electron chi connectivity index (χ1n) is 10.8. The van der Waals surface area contributed by atoms with E-state index in [0.29, 0.717) is 17.7 Å². The Bertz CT molecular complexity index is 1520. The van der Waals surface area contributed by atoms with Gasteiger partial charge in [-0.15, -0.1) is 0 Å². The second-order valence-electron chi connectivity index (χ2n) is 8.37. The topological polar surface area (TPSA) is 23.8 Å². The van der Waals surface area contributed by atoms with Gasteiger partial charge in [-0.25, -0.2) is 30.7 Å². The van der Waals surface area contributed by atoms with Crippen LogP contribution in [0.2, 0.25) is 0 Å². The lowest BCUT2D eigenvalue weighted by atomic mass is 9.95. The maximum absolute atomic E-state index is 14.9. The number of rotatable bonds is 5. The summed E-state index contributed by atoms with van der Waals surface area (Å²) in [6.45, 7) is 5.08. The highest BCUT2D eigenvalue weighted by atomic mass is 19.2. The third-order valence-corrected chi connectivity index (χ3v) is 5.88. The number of hydrogen-bond acceptors (Lipinski definition) is 1. The first kappa shape index (κ1) is 25.7. The molecule has 0 heterocycles. The third-order valence-electron chi connectivity index (χ3n) is 5.88. The van der Waals surface area contributed by atoms with Crippen LogP contribution in [0.5, 0.6) is 0 Å². The zero-order valence-electron chi connectivity index (χ0n) is 19.2. The van der Waals surface area contributed by atoms with E-state index >= 15 is 0 Å². The highest BCUT2D eigenvalue weighted by Crippen LogP contribution is 2.33. The highest BCUT2D eigenvalue weighted by molar-refractivity contribution is 5.70. The maximum atomic E-state index is 14.9. The molecule has 0 radical (unpaired) electrons. The van der Waals surface area contributed by atoms with Crippen molar-refractivity contribution in [3.05, 3.63) is 124 Å². The van der Waals surface area contributed by atoms with Gasteiger partial charge in [0.2, 0.25) is 0 Å². The van der Waals surface area contributed by atoms with Gasteiger partial charge in [0, 0.05) is 5.56 Å². The second kappa shape index (κ2) is 9.94. The van der Waals surface area contributed by atoms with Crippen LogP contribution in [0.3, 0.4) is 0 Å². The van der Waals surface area contributed by atoms with E-state index in [0.717, 1.165) is 30.3 Å². The summed E-state index contributed by atoms with van der Waals surface area (Å²) in [5, 5.41) is 8.76. The summed E-state index contributed by atoms with van der Waals surface area (Å²) in [6.07, 6.45) is 1.02. The van der Waals surface area contributed by atoms with E-state index < -0.39 is 63.0 Å². The van der Waals surface area contributed by atoms with Crippen molar-refractivity contribution in [1.82, 2.24) is 0 Å². The van der Waals surface area contributed by atoms with Gasteiger partial charge in [-0.3, -0.25) is 0 Å². The Hall–Kier alpha value is -4.38. The van der Waals surface area contributed by atoms with Crippen molar-refractivity contribution in [3.8, 4) is 28.3 Å². The Morgan fingerprint density at radius 1 is 0.649 bits per heavy atom. The molecular weight excluding hydrogens is 495 g/mol. The molecular formula is C29H16F7N. The Balaban J connectivity index is 1.69. The van der Waals surface area contributed by atoms with Gasteiger partial charge in [0.1, 0.15) is 52.4 Å². The molecule has 0 N–H and O–H groups in total. The number of nitriles is 1. The van der Waals surface area contributed by atoms with Crippen LogP contribution >= 0.6 is 0 Å². The Kier molecular flexibility index (Phi) is 6.90. The fourth-order valence-corrected chi connectivity index (χ4v) is 4.23. The Labute approximate surface area is 207 Å². The zero-order valence-corrected chi connectivity index (χ0v) is 19.2. The lowest BCUT2D eigenvalue weighted by Crippen LogP contribution is -2.00. The van der Waals surface area contributed by atoms with Gasteiger partial charge in [-0.1, -0.05) is 18.7 Å². The SMILES string of the molecule is C=Cc1c(C)cc(-c2c(F)cc(Cc3cc(F)c(-c4cc(F)c(C#N)c(F)c4)c(F)c3)cc2F)cc1F. The molecule has 4 aromatic carbocycles. The molecule has 0 saturated heterocycles. The minimum Gasteiger partial charge on any atom is -0.206 e. The molecule has 37 heavy (non-hydrogen) atoms. The molecule has 0 atom stereocenters. The van der Waals surface area contributed by atoms with E-state index in [9.17, 15) is 30.7 Å². The normalized spacial score (nSPS) is 10.9. The van der Waals surface area contributed by atoms with Crippen LogP contribution in [0.15, 0.2) is 55.1 Å². The van der Waals surface area contributed by atoms with Gasteiger partial charge in [0.25, 0.3) is 0 Å². The molecule has 0 bridgehead atoms. The standard InChI is InChI=1S/C29H16F7N/c1-3-19-14(2)4-17(10-21(19)30)28-24(33)6-15(7-25(28)34)5-16-8-26(35)29(27(36)9-16)18-11-22(31)20(13-37)23(32)12-18/h3-4,6-12H,1,5H2,2H3. The van der Waals surface area contributed by atoms with Crippen molar-refractivity contribution >= 4 is 6.08 Å². The van der Waals surface area contributed by atoms with Gasteiger partial charge >= 0.3 is 0 Å². The monoisotopic (exact) mass is 511 g/mol. The number of benzene rings is 4. The molecule has 0 unspecified atom stereocenters. The van der Waals surface area contributed by atoms with Crippen molar-refractivity contribution < 1.29 is 30.7 Å². The summed E-state index contributed by atoms with van der Waals surface area (Å²) in [5.74, 6) is -7.57. The Morgan fingerprint density at radius 3 is 1.43 bits per heavy atom. The predicted octanol–water partition coefficient (Wildman–Crippen LogP) is 8.41. The van der Waals surface area contributed by atoms with Crippen LogP contribution in [0.25, 0.3) is 28.3 Å². The minimum atomic E-state index is -1.28. The summed E-state index contributed by atoms with van der Waals surface area (Å²) < 4.78 is 102. The van der Waals surface area contributed by atoms with Crippen LogP contribution in [-0.4, -0.2) is 0 Å². The highest BCUT2D eigenvalue weighted by Gasteiger charge is 2.20. The predicted molar refractivity (Wildman–Crippen MR) is 126 cm³/mol. The van der Waals surface area contributed by atoms with Gasteiger partial charge in [0.15, 0.2) is 0 Å². The molecule has 8 heteroatoms. The first-order valence-corrected chi connectivity index (χ1v) is 10.8.